The number of nitrogens with two attached hydrogens (primary N) is 1. The number of nitrogens with zero attached hydrogens (tertiary/aromatic N) is 4. The van der Waals surface area contributed by atoms with Crippen LogP contribution in [0.2, 0.25) is 0 Å². The lowest BCUT2D eigenvalue weighted by molar-refractivity contribution is -0.136. The monoisotopic (exact) mass is 430 g/mol. The molecule has 1 fully saturated rings. The quantitative estimate of drug-likeness (QED) is 0.683. The lowest BCUT2D eigenvalue weighted by atomic mass is 9.93. The van der Waals surface area contributed by atoms with Gasteiger partial charge in [-0.15, -0.1) is 11.3 Å². The first-order valence-electron chi connectivity index (χ1n) is 10.9. The van der Waals surface area contributed by atoms with Crippen molar-refractivity contribution in [2.75, 3.05) is 18.4 Å². The molecule has 0 unspecified atom stereocenters. The van der Waals surface area contributed by atoms with Gasteiger partial charge in [-0.1, -0.05) is 27.2 Å². The highest BCUT2D eigenvalue weighted by Crippen LogP contribution is 2.30. The molecule has 1 amide bonds. The molecule has 3 rings (SSSR count). The van der Waals surface area contributed by atoms with E-state index in [0.717, 1.165) is 48.2 Å². The molecule has 1 aliphatic heterocycles. The molecule has 1 aliphatic rings. The van der Waals surface area contributed by atoms with Gasteiger partial charge in [-0.05, 0) is 39.0 Å². The van der Waals surface area contributed by atoms with Crippen molar-refractivity contribution in [2.45, 2.75) is 77.7 Å². The van der Waals surface area contributed by atoms with Crippen molar-refractivity contribution in [3.8, 4) is 0 Å². The standard InChI is InChI=1S/C22H34N6OS/c1-6-7-16-13-24-21(30-16)27-18-12-17(14(2)3)25-19(26-18)15-8-10-28(11-9-15)20(29)22(4,5)23/h12-15H,6-11,23H2,1-5H3,(H,24,25,26,27). The van der Waals surface area contributed by atoms with Gasteiger partial charge in [0, 0.05) is 41.8 Å². The van der Waals surface area contributed by atoms with Crippen molar-refractivity contribution in [3.05, 3.63) is 28.7 Å². The second kappa shape index (κ2) is 9.39. The van der Waals surface area contributed by atoms with Crippen LogP contribution in [-0.2, 0) is 11.2 Å². The average Bonchev–Trinajstić information content (AvgIpc) is 3.13. The third-order valence-electron chi connectivity index (χ3n) is 5.34. The molecule has 2 aromatic heterocycles. The van der Waals surface area contributed by atoms with Gasteiger partial charge in [0.25, 0.3) is 0 Å². The molecule has 1 saturated heterocycles. The predicted octanol–water partition coefficient (Wildman–Crippen LogP) is 4.20. The normalized spacial score (nSPS) is 15.6. The Balaban J connectivity index is 1.75. The number of piperidine rings is 1. The SMILES string of the molecule is CCCc1cnc(Nc2cc(C(C)C)nc(C3CCN(C(=O)C(C)(C)N)CC3)n2)s1. The van der Waals surface area contributed by atoms with E-state index in [1.165, 1.54) is 4.88 Å². The highest BCUT2D eigenvalue weighted by molar-refractivity contribution is 7.15. The maximum atomic E-state index is 12.5. The summed E-state index contributed by atoms with van der Waals surface area (Å²) in [5.74, 6) is 2.20. The van der Waals surface area contributed by atoms with Gasteiger partial charge in [0.1, 0.15) is 11.6 Å². The number of likely N-dealkylation sites (tertiary alicyclic amines) is 1. The van der Waals surface area contributed by atoms with Gasteiger partial charge in [0.2, 0.25) is 5.91 Å². The number of thiazole rings is 1. The minimum Gasteiger partial charge on any atom is -0.341 e. The van der Waals surface area contributed by atoms with E-state index in [-0.39, 0.29) is 11.8 Å². The molecule has 0 radical (unpaired) electrons. The molecule has 0 saturated carbocycles. The van der Waals surface area contributed by atoms with Crippen LogP contribution in [0.4, 0.5) is 10.9 Å². The molecule has 2 aromatic rings. The first kappa shape index (κ1) is 22.6. The first-order chi connectivity index (χ1) is 14.2. The topological polar surface area (TPSA) is 97.0 Å². The Kier molecular flexibility index (Phi) is 7.08. The second-order valence-electron chi connectivity index (χ2n) is 8.99. The average molecular weight is 431 g/mol. The number of hydrogen-bond acceptors (Lipinski definition) is 7. The largest absolute Gasteiger partial charge is 0.341 e. The molecular formula is C22H34N6OS. The Hall–Kier alpha value is -2.06. The summed E-state index contributed by atoms with van der Waals surface area (Å²) in [7, 11) is 0. The lowest BCUT2D eigenvalue weighted by Gasteiger charge is -2.35. The second-order valence-corrected chi connectivity index (χ2v) is 10.1. The van der Waals surface area contributed by atoms with Crippen molar-refractivity contribution in [2.24, 2.45) is 5.73 Å². The van der Waals surface area contributed by atoms with E-state index < -0.39 is 5.54 Å². The van der Waals surface area contributed by atoms with Gasteiger partial charge in [0.15, 0.2) is 5.13 Å². The summed E-state index contributed by atoms with van der Waals surface area (Å²) in [5, 5.41) is 4.24. The molecule has 164 valence electrons. The van der Waals surface area contributed by atoms with E-state index in [2.05, 4.69) is 31.1 Å². The zero-order valence-corrected chi connectivity index (χ0v) is 19.6. The highest BCUT2D eigenvalue weighted by atomic mass is 32.1. The fourth-order valence-electron chi connectivity index (χ4n) is 3.61. The van der Waals surface area contributed by atoms with Crippen LogP contribution >= 0.6 is 11.3 Å². The number of carbonyl (C=O) groups is 1. The minimum absolute atomic E-state index is 0.00630. The van der Waals surface area contributed by atoms with Crippen LogP contribution in [0.5, 0.6) is 0 Å². The molecule has 30 heavy (non-hydrogen) atoms. The zero-order chi connectivity index (χ0) is 21.9. The van der Waals surface area contributed by atoms with E-state index in [1.54, 1.807) is 25.2 Å². The van der Waals surface area contributed by atoms with E-state index in [9.17, 15) is 4.79 Å². The van der Waals surface area contributed by atoms with E-state index >= 15 is 0 Å². The van der Waals surface area contributed by atoms with Crippen LogP contribution in [-0.4, -0.2) is 44.4 Å². The van der Waals surface area contributed by atoms with Crippen molar-refractivity contribution in [1.29, 1.82) is 0 Å². The van der Waals surface area contributed by atoms with Crippen LogP contribution in [0.25, 0.3) is 0 Å². The van der Waals surface area contributed by atoms with Gasteiger partial charge in [-0.2, -0.15) is 0 Å². The Morgan fingerprint density at radius 3 is 2.63 bits per heavy atom. The van der Waals surface area contributed by atoms with Crippen LogP contribution in [0, 0.1) is 0 Å². The third-order valence-corrected chi connectivity index (χ3v) is 6.31. The molecule has 3 N–H and O–H groups in total. The third kappa shape index (κ3) is 5.55. The molecule has 0 aliphatic carbocycles. The molecule has 3 heterocycles. The summed E-state index contributed by atoms with van der Waals surface area (Å²) in [5.41, 5.74) is 6.19. The van der Waals surface area contributed by atoms with E-state index in [1.807, 2.05) is 17.2 Å². The van der Waals surface area contributed by atoms with Crippen LogP contribution < -0.4 is 11.1 Å². The van der Waals surface area contributed by atoms with Gasteiger partial charge in [-0.3, -0.25) is 4.79 Å². The van der Waals surface area contributed by atoms with Gasteiger partial charge < -0.3 is 16.0 Å². The maximum Gasteiger partial charge on any atom is 0.242 e. The summed E-state index contributed by atoms with van der Waals surface area (Å²) >= 11 is 1.68. The van der Waals surface area contributed by atoms with Gasteiger partial charge in [0.05, 0.1) is 5.54 Å². The predicted molar refractivity (Wildman–Crippen MR) is 122 cm³/mol. The van der Waals surface area contributed by atoms with Gasteiger partial charge in [-0.25, -0.2) is 15.0 Å². The molecule has 0 aromatic carbocycles. The van der Waals surface area contributed by atoms with Gasteiger partial charge >= 0.3 is 0 Å². The first-order valence-corrected chi connectivity index (χ1v) is 11.7. The van der Waals surface area contributed by atoms with Crippen LogP contribution in [0.1, 0.15) is 82.1 Å². The molecule has 0 bridgehead atoms. The number of anilines is 2. The van der Waals surface area contributed by atoms with Crippen LogP contribution in [0.15, 0.2) is 12.3 Å². The summed E-state index contributed by atoms with van der Waals surface area (Å²) < 4.78 is 0. The zero-order valence-electron chi connectivity index (χ0n) is 18.7. The summed E-state index contributed by atoms with van der Waals surface area (Å²) in [6.45, 7) is 11.4. The number of hydrogen-bond donors (Lipinski definition) is 2. The Morgan fingerprint density at radius 2 is 2.03 bits per heavy atom. The Labute approximate surface area is 183 Å². The number of aromatic nitrogens is 3. The Bertz CT molecular complexity index is 865. The summed E-state index contributed by atoms with van der Waals surface area (Å²) in [6.07, 6.45) is 5.79. The van der Waals surface area contributed by atoms with Crippen molar-refractivity contribution in [1.82, 2.24) is 19.9 Å². The number of carbonyl (C=O) groups excluding carboxylic acids is 1. The highest BCUT2D eigenvalue weighted by Gasteiger charge is 2.32. The Morgan fingerprint density at radius 1 is 1.33 bits per heavy atom. The van der Waals surface area contributed by atoms with Crippen LogP contribution in [0.3, 0.4) is 0 Å². The summed E-state index contributed by atoms with van der Waals surface area (Å²) in [6, 6.07) is 2.02. The maximum absolute atomic E-state index is 12.5. The van der Waals surface area contributed by atoms with Crippen molar-refractivity contribution >= 4 is 28.2 Å². The lowest BCUT2D eigenvalue weighted by Crippen LogP contribution is -2.53. The van der Waals surface area contributed by atoms with E-state index in [0.29, 0.717) is 19.0 Å². The number of rotatable bonds is 7. The number of aryl methyl sites for hydroxylation is 1. The van der Waals surface area contributed by atoms with Crippen molar-refractivity contribution in [3.63, 3.8) is 0 Å². The molecule has 0 spiro atoms. The van der Waals surface area contributed by atoms with E-state index in [4.69, 9.17) is 15.7 Å². The smallest absolute Gasteiger partial charge is 0.242 e. The fourth-order valence-corrected chi connectivity index (χ4v) is 4.53. The summed E-state index contributed by atoms with van der Waals surface area (Å²) in [4.78, 5) is 29.8. The molecule has 8 heteroatoms. The molecule has 0 atom stereocenters. The fraction of sp³-hybridized carbons (Fsp3) is 0.636. The number of amides is 1. The minimum atomic E-state index is -0.831. The van der Waals surface area contributed by atoms with Crippen molar-refractivity contribution < 1.29 is 4.79 Å². The number of nitrogens with one attached hydrogen (secondary N) is 1. The molecular weight excluding hydrogens is 396 g/mol. The molecule has 7 nitrogen and oxygen atoms in total.